The molecule has 0 N–H and O–H groups in total. The minimum atomic E-state index is 0.409. The zero-order valence-electron chi connectivity index (χ0n) is 9.82. The van der Waals surface area contributed by atoms with E-state index in [1.165, 1.54) is 12.8 Å². The molecule has 0 aromatic carbocycles. The lowest BCUT2D eigenvalue weighted by Gasteiger charge is -2.18. The summed E-state index contributed by atoms with van der Waals surface area (Å²) in [6.45, 7) is 8.63. The first kappa shape index (κ1) is 10.4. The molecule has 0 radical (unpaired) electrons. The quantitative estimate of drug-likeness (QED) is 0.743. The summed E-state index contributed by atoms with van der Waals surface area (Å²) in [5.41, 5.74) is 1.08. The fraction of sp³-hybridized carbons (Fsp3) is 0.667. The molecule has 0 unspecified atom stereocenters. The molecule has 0 saturated carbocycles. The molecule has 0 atom stereocenters. The Bertz CT molecular complexity index is 341. The van der Waals surface area contributed by atoms with E-state index in [-0.39, 0.29) is 0 Å². The first-order valence-electron chi connectivity index (χ1n) is 5.77. The van der Waals surface area contributed by atoms with Gasteiger partial charge in [-0.25, -0.2) is 9.97 Å². The van der Waals surface area contributed by atoms with Gasteiger partial charge in [0.1, 0.15) is 11.6 Å². The van der Waals surface area contributed by atoms with Crippen LogP contribution in [0.3, 0.4) is 0 Å². The molecule has 2 rings (SSSR count). The van der Waals surface area contributed by atoms with Crippen molar-refractivity contribution in [2.45, 2.75) is 39.5 Å². The molecule has 0 amide bonds. The molecule has 0 bridgehead atoms. The van der Waals surface area contributed by atoms with E-state index in [0.29, 0.717) is 5.92 Å². The SMILES string of the molecule is Cc1cc(N2CCCC2)nc(C(C)C)n1. The van der Waals surface area contributed by atoms with Crippen LogP contribution in [0.25, 0.3) is 0 Å². The second kappa shape index (κ2) is 4.17. The zero-order valence-corrected chi connectivity index (χ0v) is 9.82. The van der Waals surface area contributed by atoms with Crippen LogP contribution in [0.4, 0.5) is 5.82 Å². The average molecular weight is 205 g/mol. The highest BCUT2D eigenvalue weighted by molar-refractivity contribution is 5.40. The van der Waals surface area contributed by atoms with Gasteiger partial charge in [-0.05, 0) is 19.8 Å². The van der Waals surface area contributed by atoms with Crippen LogP contribution in [0.2, 0.25) is 0 Å². The maximum Gasteiger partial charge on any atom is 0.133 e. The molecule has 2 heterocycles. The number of aromatic nitrogens is 2. The normalized spacial score (nSPS) is 16.4. The Labute approximate surface area is 91.5 Å². The molecule has 1 aliphatic heterocycles. The lowest BCUT2D eigenvalue weighted by molar-refractivity contribution is 0.757. The second-order valence-electron chi connectivity index (χ2n) is 4.57. The Morgan fingerprint density at radius 3 is 2.47 bits per heavy atom. The van der Waals surface area contributed by atoms with Crippen LogP contribution < -0.4 is 4.90 Å². The topological polar surface area (TPSA) is 29.0 Å². The fourth-order valence-electron chi connectivity index (χ4n) is 1.94. The third-order valence-corrected chi connectivity index (χ3v) is 2.80. The standard InChI is InChI=1S/C12H19N3/c1-9(2)12-13-10(3)8-11(14-12)15-6-4-5-7-15/h8-9H,4-7H2,1-3H3. The van der Waals surface area contributed by atoms with Crippen molar-refractivity contribution in [1.29, 1.82) is 0 Å². The molecular weight excluding hydrogens is 186 g/mol. The van der Waals surface area contributed by atoms with Gasteiger partial charge in [-0.2, -0.15) is 0 Å². The van der Waals surface area contributed by atoms with E-state index in [0.717, 1.165) is 30.4 Å². The monoisotopic (exact) mass is 205 g/mol. The van der Waals surface area contributed by atoms with Crippen molar-refractivity contribution in [1.82, 2.24) is 9.97 Å². The number of hydrogen-bond donors (Lipinski definition) is 0. The van der Waals surface area contributed by atoms with Crippen LogP contribution in [0.15, 0.2) is 6.07 Å². The highest BCUT2D eigenvalue weighted by atomic mass is 15.2. The van der Waals surface area contributed by atoms with Gasteiger partial charge in [0.05, 0.1) is 0 Å². The Morgan fingerprint density at radius 1 is 1.20 bits per heavy atom. The van der Waals surface area contributed by atoms with Crippen LogP contribution in [0.1, 0.15) is 44.1 Å². The van der Waals surface area contributed by atoms with E-state index in [4.69, 9.17) is 0 Å². The molecule has 1 aromatic rings. The summed E-state index contributed by atoms with van der Waals surface area (Å²) in [5.74, 6) is 2.49. The molecule has 3 heteroatoms. The van der Waals surface area contributed by atoms with Gasteiger partial charge < -0.3 is 4.90 Å². The minimum Gasteiger partial charge on any atom is -0.357 e. The van der Waals surface area contributed by atoms with Gasteiger partial charge in [-0.15, -0.1) is 0 Å². The summed E-state index contributed by atoms with van der Waals surface area (Å²) >= 11 is 0. The summed E-state index contributed by atoms with van der Waals surface area (Å²) in [6, 6.07) is 2.09. The Balaban J connectivity index is 2.30. The molecule has 1 aromatic heterocycles. The van der Waals surface area contributed by atoms with Gasteiger partial charge in [-0.3, -0.25) is 0 Å². The van der Waals surface area contributed by atoms with E-state index in [9.17, 15) is 0 Å². The van der Waals surface area contributed by atoms with Crippen molar-refractivity contribution < 1.29 is 0 Å². The van der Waals surface area contributed by atoms with Crippen molar-refractivity contribution in [3.63, 3.8) is 0 Å². The van der Waals surface area contributed by atoms with Crippen molar-refractivity contribution >= 4 is 5.82 Å². The average Bonchev–Trinajstić information content (AvgIpc) is 2.69. The molecule has 3 nitrogen and oxygen atoms in total. The smallest absolute Gasteiger partial charge is 0.133 e. The van der Waals surface area contributed by atoms with Gasteiger partial charge in [-0.1, -0.05) is 13.8 Å². The van der Waals surface area contributed by atoms with Gasteiger partial charge >= 0.3 is 0 Å². The third kappa shape index (κ3) is 2.28. The molecule has 0 spiro atoms. The second-order valence-corrected chi connectivity index (χ2v) is 4.57. The molecule has 1 saturated heterocycles. The number of hydrogen-bond acceptors (Lipinski definition) is 3. The van der Waals surface area contributed by atoms with E-state index in [2.05, 4.69) is 34.8 Å². The Kier molecular flexibility index (Phi) is 2.89. The van der Waals surface area contributed by atoms with E-state index >= 15 is 0 Å². The highest BCUT2D eigenvalue weighted by Crippen LogP contribution is 2.20. The molecule has 0 aliphatic carbocycles. The maximum atomic E-state index is 4.63. The number of anilines is 1. The predicted octanol–water partition coefficient (Wildman–Crippen LogP) is 2.51. The minimum absolute atomic E-state index is 0.409. The molecule has 1 aliphatic rings. The van der Waals surface area contributed by atoms with Gasteiger partial charge in [0, 0.05) is 30.8 Å². The van der Waals surface area contributed by atoms with Crippen LogP contribution >= 0.6 is 0 Å². The number of aryl methyl sites for hydroxylation is 1. The molecule has 82 valence electrons. The van der Waals surface area contributed by atoms with Crippen molar-refractivity contribution in [2.75, 3.05) is 18.0 Å². The summed E-state index contributed by atoms with van der Waals surface area (Å²) < 4.78 is 0. The van der Waals surface area contributed by atoms with Crippen molar-refractivity contribution in [3.05, 3.63) is 17.6 Å². The Morgan fingerprint density at radius 2 is 1.87 bits per heavy atom. The fourth-order valence-corrected chi connectivity index (χ4v) is 1.94. The van der Waals surface area contributed by atoms with Gasteiger partial charge in [0.25, 0.3) is 0 Å². The van der Waals surface area contributed by atoms with Crippen molar-refractivity contribution in [3.8, 4) is 0 Å². The molecular formula is C12H19N3. The number of nitrogens with zero attached hydrogens (tertiary/aromatic N) is 3. The van der Waals surface area contributed by atoms with Crippen molar-refractivity contribution in [2.24, 2.45) is 0 Å². The third-order valence-electron chi connectivity index (χ3n) is 2.80. The Hall–Kier alpha value is -1.12. The van der Waals surface area contributed by atoms with Crippen LogP contribution in [-0.4, -0.2) is 23.1 Å². The van der Waals surface area contributed by atoms with Gasteiger partial charge in [0.15, 0.2) is 0 Å². The summed E-state index contributed by atoms with van der Waals surface area (Å²) in [5, 5.41) is 0. The van der Waals surface area contributed by atoms with E-state index < -0.39 is 0 Å². The lowest BCUT2D eigenvalue weighted by atomic mass is 10.2. The maximum absolute atomic E-state index is 4.63. The summed E-state index contributed by atoms with van der Waals surface area (Å²) in [7, 11) is 0. The first-order chi connectivity index (χ1) is 7.16. The lowest BCUT2D eigenvalue weighted by Crippen LogP contribution is -2.20. The molecule has 1 fully saturated rings. The largest absolute Gasteiger partial charge is 0.357 e. The first-order valence-corrected chi connectivity index (χ1v) is 5.77. The van der Waals surface area contributed by atoms with E-state index in [1.807, 2.05) is 6.92 Å². The van der Waals surface area contributed by atoms with Crippen LogP contribution in [0, 0.1) is 6.92 Å². The predicted molar refractivity (Wildman–Crippen MR) is 62.3 cm³/mol. The van der Waals surface area contributed by atoms with Gasteiger partial charge in [0.2, 0.25) is 0 Å². The summed E-state index contributed by atoms with van der Waals surface area (Å²) in [6.07, 6.45) is 2.58. The number of rotatable bonds is 2. The van der Waals surface area contributed by atoms with Crippen LogP contribution in [-0.2, 0) is 0 Å². The van der Waals surface area contributed by atoms with E-state index in [1.54, 1.807) is 0 Å². The van der Waals surface area contributed by atoms with Crippen LogP contribution in [0.5, 0.6) is 0 Å². The summed E-state index contributed by atoms with van der Waals surface area (Å²) in [4.78, 5) is 11.5. The highest BCUT2D eigenvalue weighted by Gasteiger charge is 2.15. The zero-order chi connectivity index (χ0) is 10.8. The molecule has 15 heavy (non-hydrogen) atoms.